The van der Waals surface area contributed by atoms with Crippen molar-refractivity contribution in [3.05, 3.63) is 53.8 Å². The van der Waals surface area contributed by atoms with Gasteiger partial charge >= 0.3 is 5.97 Å². The van der Waals surface area contributed by atoms with E-state index in [0.717, 1.165) is 6.07 Å². The average Bonchev–Trinajstić information content (AvgIpc) is 2.66. The highest BCUT2D eigenvalue weighted by Gasteiger charge is 2.29. The fourth-order valence-electron chi connectivity index (χ4n) is 2.17. The van der Waals surface area contributed by atoms with E-state index in [-0.39, 0.29) is 6.61 Å². The van der Waals surface area contributed by atoms with E-state index < -0.39 is 47.7 Å². The average molecular weight is 367 g/mol. The van der Waals surface area contributed by atoms with Gasteiger partial charge in [0.15, 0.2) is 35.6 Å². The number of amides is 1. The van der Waals surface area contributed by atoms with Crippen molar-refractivity contribution in [3.8, 4) is 11.5 Å². The molecule has 1 heterocycles. The van der Waals surface area contributed by atoms with Crippen molar-refractivity contribution in [3.63, 3.8) is 0 Å². The highest BCUT2D eigenvalue weighted by Crippen LogP contribution is 2.31. The second-order valence-electron chi connectivity index (χ2n) is 5.24. The van der Waals surface area contributed by atoms with Gasteiger partial charge in [0.2, 0.25) is 6.10 Å². The number of fused-ring (bicyclic) bond motifs is 1. The molecule has 0 unspecified atom stereocenters. The van der Waals surface area contributed by atoms with Crippen LogP contribution in [0, 0.1) is 17.5 Å². The third kappa shape index (κ3) is 3.71. The topological polar surface area (TPSA) is 73.9 Å². The molecule has 1 aliphatic heterocycles. The fraction of sp³-hybridized carbons (Fsp3) is 0.176. The van der Waals surface area contributed by atoms with E-state index in [2.05, 4.69) is 0 Å². The third-order valence-electron chi connectivity index (χ3n) is 3.43. The number of halogens is 3. The predicted octanol–water partition coefficient (Wildman–Crippen LogP) is 2.43. The number of anilines is 1. The molecule has 1 N–H and O–H groups in total. The van der Waals surface area contributed by atoms with Crippen molar-refractivity contribution < 1.29 is 37.0 Å². The predicted molar refractivity (Wildman–Crippen MR) is 82.3 cm³/mol. The van der Waals surface area contributed by atoms with Crippen LogP contribution in [0.2, 0.25) is 0 Å². The minimum absolute atomic E-state index is 0.102. The van der Waals surface area contributed by atoms with Crippen LogP contribution in [0.15, 0.2) is 36.4 Å². The van der Waals surface area contributed by atoms with Gasteiger partial charge in [0, 0.05) is 0 Å². The van der Waals surface area contributed by atoms with E-state index in [1.54, 1.807) is 24.3 Å². The summed E-state index contributed by atoms with van der Waals surface area (Å²) < 4.78 is 55.0. The van der Waals surface area contributed by atoms with Crippen molar-refractivity contribution in [2.75, 3.05) is 18.5 Å². The van der Waals surface area contributed by atoms with Gasteiger partial charge < -0.3 is 19.5 Å². The number of nitrogens with one attached hydrogen (secondary N) is 1. The molecule has 6 nitrogen and oxygen atoms in total. The number of carbonyl (C=O) groups excluding carboxylic acids is 2. The van der Waals surface area contributed by atoms with E-state index >= 15 is 0 Å². The molecule has 26 heavy (non-hydrogen) atoms. The molecule has 0 aromatic heterocycles. The quantitative estimate of drug-likeness (QED) is 0.664. The summed E-state index contributed by atoms with van der Waals surface area (Å²) in [6, 6.07) is 8.21. The van der Waals surface area contributed by atoms with Gasteiger partial charge in [-0.1, -0.05) is 12.1 Å². The maximum Gasteiger partial charge on any atom is 0.351 e. The van der Waals surface area contributed by atoms with Crippen LogP contribution < -0.4 is 14.8 Å². The molecule has 0 radical (unpaired) electrons. The molecular formula is C17H12F3NO5. The zero-order valence-corrected chi connectivity index (χ0v) is 13.1. The molecule has 0 spiro atoms. The largest absolute Gasteiger partial charge is 0.485 e. The van der Waals surface area contributed by atoms with Gasteiger partial charge in [0.05, 0.1) is 5.69 Å². The minimum Gasteiger partial charge on any atom is -0.485 e. The maximum absolute atomic E-state index is 13.5. The lowest BCUT2D eigenvalue weighted by atomic mass is 10.2. The maximum atomic E-state index is 13.5. The van der Waals surface area contributed by atoms with Crippen molar-refractivity contribution in [1.29, 1.82) is 0 Å². The minimum atomic E-state index is -1.72. The Morgan fingerprint density at radius 1 is 1.08 bits per heavy atom. The summed E-state index contributed by atoms with van der Waals surface area (Å²) in [5.74, 6) is -5.61. The zero-order valence-electron chi connectivity index (χ0n) is 13.1. The molecule has 0 saturated heterocycles. The normalized spacial score (nSPS) is 15.3. The lowest BCUT2D eigenvalue weighted by Gasteiger charge is -2.24. The molecule has 1 amide bonds. The number of hydrogen-bond acceptors (Lipinski definition) is 5. The summed E-state index contributed by atoms with van der Waals surface area (Å²) >= 11 is 0. The monoisotopic (exact) mass is 367 g/mol. The van der Waals surface area contributed by atoms with Crippen molar-refractivity contribution in [2.45, 2.75) is 6.10 Å². The summed E-state index contributed by atoms with van der Waals surface area (Å²) in [6.07, 6.45) is -1.07. The van der Waals surface area contributed by atoms with Crippen LogP contribution in [-0.2, 0) is 14.3 Å². The standard InChI is InChI=1S/C17H12F3NO5/c18-9-5-6-10(16(20)15(9)19)21-14(22)8-25-17(23)13-7-24-11-3-1-2-4-12(11)26-13/h1-6,13H,7-8H2,(H,21,22)/t13-/m0/s1. The Morgan fingerprint density at radius 3 is 2.58 bits per heavy atom. The molecule has 9 heteroatoms. The highest BCUT2D eigenvalue weighted by molar-refractivity contribution is 5.93. The number of para-hydroxylation sites is 2. The fourth-order valence-corrected chi connectivity index (χ4v) is 2.17. The molecule has 2 aromatic carbocycles. The van der Waals surface area contributed by atoms with Gasteiger partial charge in [-0.3, -0.25) is 4.79 Å². The number of ether oxygens (including phenoxy) is 3. The SMILES string of the molecule is O=C(COC(=O)[C@@H]1COc2ccccc2O1)Nc1ccc(F)c(F)c1F. The summed E-state index contributed by atoms with van der Waals surface area (Å²) in [6.45, 7) is -0.867. The smallest absolute Gasteiger partial charge is 0.351 e. The van der Waals surface area contributed by atoms with Crippen LogP contribution in [-0.4, -0.2) is 31.2 Å². The van der Waals surface area contributed by atoms with Gasteiger partial charge in [-0.05, 0) is 24.3 Å². The Labute approximate surface area is 145 Å². The first-order valence-electron chi connectivity index (χ1n) is 7.44. The first kappa shape index (κ1) is 17.6. The molecule has 1 atom stereocenters. The Balaban J connectivity index is 1.54. The van der Waals surface area contributed by atoms with Gasteiger partial charge in [-0.15, -0.1) is 0 Å². The first-order chi connectivity index (χ1) is 12.5. The van der Waals surface area contributed by atoms with E-state index in [0.29, 0.717) is 17.6 Å². The Morgan fingerprint density at radius 2 is 1.81 bits per heavy atom. The Kier molecular flexibility index (Phi) is 4.97. The van der Waals surface area contributed by atoms with Crippen molar-refractivity contribution in [1.82, 2.24) is 0 Å². The van der Waals surface area contributed by atoms with Gasteiger partial charge in [-0.2, -0.15) is 0 Å². The number of carbonyl (C=O) groups is 2. The van der Waals surface area contributed by atoms with Crippen LogP contribution in [0.25, 0.3) is 0 Å². The van der Waals surface area contributed by atoms with Crippen LogP contribution >= 0.6 is 0 Å². The van der Waals surface area contributed by atoms with Crippen LogP contribution in [0.5, 0.6) is 11.5 Å². The number of hydrogen-bond donors (Lipinski definition) is 1. The second kappa shape index (κ2) is 7.34. The number of benzene rings is 2. The van der Waals surface area contributed by atoms with Crippen LogP contribution in [0.4, 0.5) is 18.9 Å². The van der Waals surface area contributed by atoms with Crippen LogP contribution in [0.3, 0.4) is 0 Å². The second-order valence-corrected chi connectivity index (χ2v) is 5.24. The van der Waals surface area contributed by atoms with E-state index in [1.807, 2.05) is 5.32 Å². The van der Waals surface area contributed by atoms with Crippen LogP contribution in [0.1, 0.15) is 0 Å². The molecule has 0 bridgehead atoms. The van der Waals surface area contributed by atoms with E-state index in [4.69, 9.17) is 14.2 Å². The van der Waals surface area contributed by atoms with Gasteiger partial charge in [0.1, 0.15) is 6.61 Å². The van der Waals surface area contributed by atoms with Gasteiger partial charge in [0.25, 0.3) is 5.91 Å². The van der Waals surface area contributed by atoms with E-state index in [9.17, 15) is 22.8 Å². The summed E-state index contributed by atoms with van der Waals surface area (Å²) in [4.78, 5) is 23.6. The Bertz CT molecular complexity index is 858. The summed E-state index contributed by atoms with van der Waals surface area (Å²) in [5.41, 5.74) is -0.573. The molecule has 0 saturated carbocycles. The lowest BCUT2D eigenvalue weighted by molar-refractivity contribution is -0.156. The molecule has 2 aromatic rings. The number of esters is 1. The van der Waals surface area contributed by atoms with Crippen molar-refractivity contribution in [2.24, 2.45) is 0 Å². The van der Waals surface area contributed by atoms with Gasteiger partial charge in [-0.25, -0.2) is 18.0 Å². The zero-order chi connectivity index (χ0) is 18.7. The highest BCUT2D eigenvalue weighted by atomic mass is 19.2. The summed E-state index contributed by atoms with van der Waals surface area (Å²) in [5, 5.41) is 1.98. The van der Waals surface area contributed by atoms with Crippen molar-refractivity contribution >= 4 is 17.6 Å². The molecular weight excluding hydrogens is 355 g/mol. The molecule has 1 aliphatic rings. The lowest BCUT2D eigenvalue weighted by Crippen LogP contribution is -2.39. The number of rotatable bonds is 4. The summed E-state index contributed by atoms with van der Waals surface area (Å²) in [7, 11) is 0. The Hall–Kier alpha value is -3.23. The molecule has 0 fully saturated rings. The first-order valence-corrected chi connectivity index (χ1v) is 7.44. The molecule has 3 rings (SSSR count). The van der Waals surface area contributed by atoms with E-state index in [1.165, 1.54) is 0 Å². The molecule has 136 valence electrons. The third-order valence-corrected chi connectivity index (χ3v) is 3.43. The molecule has 0 aliphatic carbocycles.